The van der Waals surface area contributed by atoms with E-state index in [1.807, 2.05) is 37.3 Å². The number of benzene rings is 3. The zero-order valence-corrected chi connectivity index (χ0v) is 19.0. The fraction of sp³-hybridized carbons (Fsp3) is 0.120. The van der Waals surface area contributed by atoms with E-state index in [0.717, 1.165) is 16.5 Å². The van der Waals surface area contributed by atoms with Crippen LogP contribution in [-0.2, 0) is 13.0 Å². The lowest BCUT2D eigenvalue weighted by atomic mass is 10.1. The van der Waals surface area contributed by atoms with E-state index in [1.54, 1.807) is 0 Å². The van der Waals surface area contributed by atoms with Crippen molar-refractivity contribution in [3.8, 4) is 17.6 Å². The summed E-state index contributed by atoms with van der Waals surface area (Å²) >= 11 is 12.1. The molecule has 0 unspecified atom stereocenters. The molecular weight excluding hydrogens is 464 g/mol. The van der Waals surface area contributed by atoms with Gasteiger partial charge in [-0.25, -0.2) is 4.39 Å². The molecule has 4 aromatic rings. The summed E-state index contributed by atoms with van der Waals surface area (Å²) in [6, 6.07) is 16.9. The molecule has 166 valence electrons. The standard InChI is InChI=1S/C25H18Cl2FN3O2/c1-2-18-19-5-3-4-6-21(19)31-23(18)25(32)30-13-15-7-8-20(27)24(22(15)28)33-17-10-14(12-29)9-16(26)11-17/h3-11,31H,2,13H2,1H3,(H,30,32). The SMILES string of the molecule is CCc1c(C(=O)NCc2ccc(Cl)c(Oc3cc(Cl)cc(C#N)c3)c2F)[nH]c2ccccc12. The van der Waals surface area contributed by atoms with E-state index in [4.69, 9.17) is 33.2 Å². The van der Waals surface area contributed by atoms with Crippen molar-refractivity contribution in [1.82, 2.24) is 10.3 Å². The van der Waals surface area contributed by atoms with Gasteiger partial charge in [0.1, 0.15) is 11.4 Å². The molecule has 5 nitrogen and oxygen atoms in total. The molecule has 4 rings (SSSR count). The van der Waals surface area contributed by atoms with Gasteiger partial charge in [-0.05, 0) is 42.3 Å². The zero-order valence-electron chi connectivity index (χ0n) is 17.5. The molecule has 0 aliphatic carbocycles. The van der Waals surface area contributed by atoms with Crippen molar-refractivity contribution < 1.29 is 13.9 Å². The molecule has 1 amide bonds. The van der Waals surface area contributed by atoms with E-state index >= 15 is 4.39 Å². The molecule has 1 heterocycles. The fourth-order valence-corrected chi connectivity index (χ4v) is 4.04. The van der Waals surface area contributed by atoms with Crippen LogP contribution in [0.1, 0.15) is 34.1 Å². The van der Waals surface area contributed by atoms with Gasteiger partial charge >= 0.3 is 0 Å². The van der Waals surface area contributed by atoms with E-state index in [0.29, 0.717) is 12.1 Å². The topological polar surface area (TPSA) is 77.9 Å². The summed E-state index contributed by atoms with van der Waals surface area (Å²) in [5.74, 6) is -1.09. The molecule has 0 saturated carbocycles. The van der Waals surface area contributed by atoms with Gasteiger partial charge < -0.3 is 15.0 Å². The number of rotatable bonds is 6. The Morgan fingerprint density at radius 2 is 1.97 bits per heavy atom. The largest absolute Gasteiger partial charge is 0.453 e. The van der Waals surface area contributed by atoms with Gasteiger partial charge in [-0.1, -0.05) is 54.4 Å². The van der Waals surface area contributed by atoms with Crippen LogP contribution < -0.4 is 10.1 Å². The molecule has 0 bridgehead atoms. The molecular formula is C25H18Cl2FN3O2. The monoisotopic (exact) mass is 481 g/mol. The molecule has 0 fully saturated rings. The van der Waals surface area contributed by atoms with Gasteiger partial charge in [0.2, 0.25) is 0 Å². The van der Waals surface area contributed by atoms with Crippen molar-refractivity contribution in [1.29, 1.82) is 5.26 Å². The number of hydrogen-bond donors (Lipinski definition) is 2. The molecule has 1 aromatic heterocycles. The summed E-state index contributed by atoms with van der Waals surface area (Å²) < 4.78 is 20.8. The van der Waals surface area contributed by atoms with Crippen LogP contribution in [0, 0.1) is 17.1 Å². The second-order valence-electron chi connectivity index (χ2n) is 7.30. The van der Waals surface area contributed by atoms with Gasteiger partial charge in [-0.15, -0.1) is 0 Å². The predicted molar refractivity (Wildman–Crippen MR) is 126 cm³/mol. The number of H-pyrrole nitrogens is 1. The quantitative estimate of drug-likeness (QED) is 0.318. The number of nitrogens with zero attached hydrogens (tertiary/aromatic N) is 1. The van der Waals surface area contributed by atoms with Crippen LogP contribution in [0.5, 0.6) is 11.5 Å². The minimum Gasteiger partial charge on any atom is -0.453 e. The molecule has 8 heteroatoms. The zero-order chi connectivity index (χ0) is 23.5. The van der Waals surface area contributed by atoms with Crippen molar-refractivity contribution in [2.24, 2.45) is 0 Å². The molecule has 0 aliphatic rings. The maximum atomic E-state index is 15.2. The molecule has 3 aromatic carbocycles. The fourth-order valence-electron chi connectivity index (χ4n) is 3.63. The highest BCUT2D eigenvalue weighted by Crippen LogP contribution is 2.35. The second kappa shape index (κ2) is 9.53. The summed E-state index contributed by atoms with van der Waals surface area (Å²) in [4.78, 5) is 16.0. The van der Waals surface area contributed by atoms with Crippen LogP contribution >= 0.6 is 23.2 Å². The molecule has 0 saturated heterocycles. The highest BCUT2D eigenvalue weighted by atomic mass is 35.5. The number of carbonyl (C=O) groups excluding carboxylic acids is 1. The molecule has 0 atom stereocenters. The van der Waals surface area contributed by atoms with Gasteiger partial charge in [0.05, 0.1) is 16.7 Å². The minimum atomic E-state index is -0.714. The van der Waals surface area contributed by atoms with Crippen LogP contribution in [0.25, 0.3) is 10.9 Å². The number of hydrogen-bond acceptors (Lipinski definition) is 3. The Morgan fingerprint density at radius 3 is 2.73 bits per heavy atom. The average Bonchev–Trinajstić information content (AvgIpc) is 3.19. The molecule has 0 aliphatic heterocycles. The first-order chi connectivity index (χ1) is 15.9. The highest BCUT2D eigenvalue weighted by molar-refractivity contribution is 6.32. The number of aryl methyl sites for hydroxylation is 1. The first kappa shape index (κ1) is 22.7. The summed E-state index contributed by atoms with van der Waals surface area (Å²) in [5, 5.41) is 13.2. The van der Waals surface area contributed by atoms with E-state index in [9.17, 15) is 4.79 Å². The molecule has 0 spiro atoms. The number of aromatic amines is 1. The van der Waals surface area contributed by atoms with E-state index in [-0.39, 0.29) is 45.1 Å². The second-order valence-corrected chi connectivity index (χ2v) is 8.14. The lowest BCUT2D eigenvalue weighted by Crippen LogP contribution is -2.24. The summed E-state index contributed by atoms with van der Waals surface area (Å²) in [6.45, 7) is 1.90. The number of carbonyl (C=O) groups is 1. The first-order valence-corrected chi connectivity index (χ1v) is 10.9. The third-order valence-electron chi connectivity index (χ3n) is 5.18. The third-order valence-corrected chi connectivity index (χ3v) is 5.70. The highest BCUT2D eigenvalue weighted by Gasteiger charge is 2.19. The Hall–Kier alpha value is -3.53. The maximum Gasteiger partial charge on any atom is 0.268 e. The minimum absolute atomic E-state index is 0.0462. The van der Waals surface area contributed by atoms with Crippen molar-refractivity contribution in [2.45, 2.75) is 19.9 Å². The van der Waals surface area contributed by atoms with Crippen molar-refractivity contribution in [2.75, 3.05) is 0 Å². The maximum absolute atomic E-state index is 15.2. The Balaban J connectivity index is 1.57. The van der Waals surface area contributed by atoms with E-state index < -0.39 is 5.82 Å². The number of ether oxygens (including phenoxy) is 1. The summed E-state index contributed by atoms with van der Waals surface area (Å²) in [7, 11) is 0. The van der Waals surface area contributed by atoms with E-state index in [1.165, 1.54) is 30.3 Å². The third kappa shape index (κ3) is 4.65. The van der Waals surface area contributed by atoms with Crippen LogP contribution in [0.15, 0.2) is 54.6 Å². The number of halogens is 3. The molecule has 0 radical (unpaired) electrons. The summed E-state index contributed by atoms with van der Waals surface area (Å²) in [6.07, 6.45) is 0.671. The number of nitriles is 1. The first-order valence-electron chi connectivity index (χ1n) is 10.1. The molecule has 33 heavy (non-hydrogen) atoms. The lowest BCUT2D eigenvalue weighted by Gasteiger charge is -2.13. The van der Waals surface area contributed by atoms with Crippen molar-refractivity contribution >= 4 is 40.0 Å². The van der Waals surface area contributed by atoms with Gasteiger partial charge in [0.25, 0.3) is 5.91 Å². The number of amides is 1. The van der Waals surface area contributed by atoms with Crippen LogP contribution in [0.3, 0.4) is 0 Å². The average molecular weight is 482 g/mol. The normalized spacial score (nSPS) is 10.8. The number of nitrogens with one attached hydrogen (secondary N) is 2. The Bertz CT molecular complexity index is 1410. The Kier molecular flexibility index (Phi) is 6.55. The molecule has 2 N–H and O–H groups in total. The van der Waals surface area contributed by atoms with Crippen LogP contribution in [0.2, 0.25) is 10.0 Å². The van der Waals surface area contributed by atoms with E-state index in [2.05, 4.69) is 10.3 Å². The van der Waals surface area contributed by atoms with Crippen LogP contribution in [-0.4, -0.2) is 10.9 Å². The van der Waals surface area contributed by atoms with Crippen LogP contribution in [0.4, 0.5) is 4.39 Å². The van der Waals surface area contributed by atoms with Gasteiger partial charge in [0.15, 0.2) is 11.6 Å². The smallest absolute Gasteiger partial charge is 0.268 e. The Morgan fingerprint density at radius 1 is 1.18 bits per heavy atom. The lowest BCUT2D eigenvalue weighted by molar-refractivity contribution is 0.0945. The van der Waals surface area contributed by atoms with Gasteiger partial charge in [0, 0.05) is 28.0 Å². The number of fused-ring (bicyclic) bond motifs is 1. The van der Waals surface area contributed by atoms with Crippen molar-refractivity contribution in [3.63, 3.8) is 0 Å². The Labute approximate surface area is 199 Å². The number of aromatic nitrogens is 1. The van der Waals surface area contributed by atoms with Gasteiger partial charge in [-0.3, -0.25) is 4.79 Å². The number of para-hydroxylation sites is 1. The van der Waals surface area contributed by atoms with Crippen molar-refractivity contribution in [3.05, 3.63) is 92.8 Å². The van der Waals surface area contributed by atoms with Gasteiger partial charge in [-0.2, -0.15) is 5.26 Å². The predicted octanol–water partition coefficient (Wildman–Crippen LogP) is 6.77. The summed E-state index contributed by atoms with van der Waals surface area (Å²) in [5.41, 5.74) is 2.68.